The van der Waals surface area contributed by atoms with Crippen molar-refractivity contribution in [3.63, 3.8) is 0 Å². The average molecular weight is 655 g/mol. The van der Waals surface area contributed by atoms with E-state index in [-0.39, 0.29) is 0 Å². The fraction of sp³-hybridized carbons (Fsp3) is 0.0612. The Labute approximate surface area is 297 Å². The van der Waals surface area contributed by atoms with E-state index in [9.17, 15) is 0 Å². The minimum atomic E-state index is 0.613. The van der Waals surface area contributed by atoms with Gasteiger partial charge in [-0.15, -0.1) is 11.3 Å². The summed E-state index contributed by atoms with van der Waals surface area (Å²) in [6, 6.07) is 62.5. The van der Waals surface area contributed by atoms with Crippen LogP contribution in [0.4, 0.5) is 0 Å². The maximum Gasteiger partial charge on any atom is 0.0349 e. The average Bonchev–Trinajstić information content (AvgIpc) is 3.78. The fourth-order valence-electron chi connectivity index (χ4n) is 7.98. The first-order chi connectivity index (χ1) is 24.8. The van der Waals surface area contributed by atoms with Crippen LogP contribution < -0.4 is 0 Å². The minimum absolute atomic E-state index is 0.613. The molecule has 2 aliphatic rings. The summed E-state index contributed by atoms with van der Waals surface area (Å²) in [6.07, 6.45) is 6.39. The molecule has 1 heterocycles. The molecule has 1 aromatic heterocycles. The molecule has 0 aliphatic heterocycles. The minimum Gasteiger partial charge on any atom is -0.135 e. The molecular weight excluding hydrogens is 621 g/mol. The van der Waals surface area contributed by atoms with Gasteiger partial charge in [0.05, 0.1) is 0 Å². The molecule has 1 fully saturated rings. The third-order valence-electron chi connectivity index (χ3n) is 10.5. The molecule has 50 heavy (non-hydrogen) atoms. The predicted octanol–water partition coefficient (Wildman–Crippen LogP) is 13.8. The Morgan fingerprint density at radius 1 is 0.340 bits per heavy atom. The largest absolute Gasteiger partial charge is 0.135 e. The van der Waals surface area contributed by atoms with Crippen molar-refractivity contribution in [1.82, 2.24) is 0 Å². The molecule has 1 saturated carbocycles. The van der Waals surface area contributed by atoms with Crippen molar-refractivity contribution >= 4 is 44.0 Å². The van der Waals surface area contributed by atoms with E-state index in [0.717, 1.165) is 0 Å². The Morgan fingerprint density at radius 2 is 0.880 bits per heavy atom. The van der Waals surface area contributed by atoms with Crippen molar-refractivity contribution in [2.24, 2.45) is 11.8 Å². The van der Waals surface area contributed by atoms with Gasteiger partial charge in [0.25, 0.3) is 0 Å². The lowest BCUT2D eigenvalue weighted by Crippen LogP contribution is -2.00. The Bertz CT molecular complexity index is 2600. The first-order valence-electron chi connectivity index (χ1n) is 17.6. The van der Waals surface area contributed by atoms with Crippen molar-refractivity contribution in [3.05, 3.63) is 193 Å². The molecule has 0 nitrogen and oxygen atoms in total. The molecule has 0 radical (unpaired) electrons. The summed E-state index contributed by atoms with van der Waals surface area (Å²) in [5.41, 5.74) is 12.9. The van der Waals surface area contributed by atoms with E-state index in [2.05, 4.69) is 182 Å². The van der Waals surface area contributed by atoms with E-state index in [1.54, 1.807) is 0 Å². The molecule has 0 bridgehead atoms. The smallest absolute Gasteiger partial charge is 0.0349 e. The first-order valence-corrected chi connectivity index (χ1v) is 18.4. The van der Waals surface area contributed by atoms with Crippen LogP contribution in [0.2, 0.25) is 0 Å². The van der Waals surface area contributed by atoms with Gasteiger partial charge in [-0.1, -0.05) is 158 Å². The maximum absolute atomic E-state index is 2.59. The second-order valence-electron chi connectivity index (χ2n) is 13.6. The zero-order valence-electron chi connectivity index (χ0n) is 27.6. The van der Waals surface area contributed by atoms with E-state index in [4.69, 9.17) is 0 Å². The summed E-state index contributed by atoms with van der Waals surface area (Å²) in [5.74, 6) is 1.26. The SMILES string of the molecule is C1=C(c2ccccc2)C(c2c3ccccc3c(-c3cccc(-c4ccccc4)c3)c3ccc(-c4ccc(-c5ccccc5)s4)cc23)=CC2CC12. The highest BCUT2D eigenvalue weighted by molar-refractivity contribution is 7.18. The number of allylic oxidation sites excluding steroid dienone is 4. The predicted molar refractivity (Wildman–Crippen MR) is 215 cm³/mol. The normalized spacial score (nSPS) is 16.6. The molecule has 0 amide bonds. The van der Waals surface area contributed by atoms with Crippen molar-refractivity contribution in [2.45, 2.75) is 6.42 Å². The lowest BCUT2D eigenvalue weighted by atomic mass is 9.80. The van der Waals surface area contributed by atoms with Crippen LogP contribution in [0.5, 0.6) is 0 Å². The van der Waals surface area contributed by atoms with Crippen LogP contribution in [0.1, 0.15) is 17.5 Å². The van der Waals surface area contributed by atoms with Gasteiger partial charge >= 0.3 is 0 Å². The van der Waals surface area contributed by atoms with Gasteiger partial charge in [0.1, 0.15) is 0 Å². The number of benzene rings is 7. The Hall–Kier alpha value is -5.76. The van der Waals surface area contributed by atoms with Gasteiger partial charge in [0.2, 0.25) is 0 Å². The molecule has 0 saturated heterocycles. The first kappa shape index (κ1) is 29.2. The van der Waals surface area contributed by atoms with E-state index in [1.165, 1.54) is 93.4 Å². The summed E-state index contributed by atoms with van der Waals surface area (Å²) in [5, 5.41) is 5.20. The second kappa shape index (κ2) is 12.0. The van der Waals surface area contributed by atoms with E-state index >= 15 is 0 Å². The summed E-state index contributed by atoms with van der Waals surface area (Å²) < 4.78 is 0. The molecule has 7 aromatic carbocycles. The van der Waals surface area contributed by atoms with Crippen LogP contribution in [-0.4, -0.2) is 0 Å². The molecule has 8 aromatic rings. The highest BCUT2D eigenvalue weighted by atomic mass is 32.1. The van der Waals surface area contributed by atoms with Gasteiger partial charge in [-0.3, -0.25) is 0 Å². The lowest BCUT2D eigenvalue weighted by molar-refractivity contribution is 0.989. The number of rotatable bonds is 6. The molecule has 0 N–H and O–H groups in total. The number of fused-ring (bicyclic) bond motifs is 3. The molecule has 0 spiro atoms. The highest BCUT2D eigenvalue weighted by Crippen LogP contribution is 2.54. The zero-order chi connectivity index (χ0) is 33.0. The van der Waals surface area contributed by atoms with Crippen LogP contribution in [0, 0.1) is 11.8 Å². The van der Waals surface area contributed by atoms with E-state index in [0.29, 0.717) is 11.8 Å². The Balaban J connectivity index is 1.25. The van der Waals surface area contributed by atoms with Crippen LogP contribution in [0.3, 0.4) is 0 Å². The molecule has 1 heteroatoms. The molecule has 2 atom stereocenters. The Morgan fingerprint density at radius 3 is 1.60 bits per heavy atom. The molecule has 10 rings (SSSR count). The van der Waals surface area contributed by atoms with Crippen molar-refractivity contribution in [2.75, 3.05) is 0 Å². The third-order valence-corrected chi connectivity index (χ3v) is 11.7. The van der Waals surface area contributed by atoms with Crippen LogP contribution >= 0.6 is 11.3 Å². The number of thiophene rings is 1. The monoisotopic (exact) mass is 654 g/mol. The van der Waals surface area contributed by atoms with Crippen molar-refractivity contribution in [1.29, 1.82) is 0 Å². The summed E-state index contributed by atoms with van der Waals surface area (Å²) in [4.78, 5) is 2.58. The van der Waals surface area contributed by atoms with Gasteiger partial charge in [0.15, 0.2) is 0 Å². The molecule has 2 aliphatic carbocycles. The fourth-order valence-corrected chi connectivity index (χ4v) is 8.99. The molecule has 2 unspecified atom stereocenters. The van der Waals surface area contributed by atoms with Crippen molar-refractivity contribution in [3.8, 4) is 43.1 Å². The standard InChI is InChI=1S/C49H34S/c1-4-13-32(14-5-1)35-19-12-20-37(27-35)48-40-21-10-11-22-41(40)49(45-31-39-28-38(39)30-43(45)33-15-6-2-7-16-33)44-29-36(23-24-42(44)48)47-26-25-46(50-47)34-17-8-3-9-18-34/h1-27,29-31,38-39H,28H2. The Kier molecular flexibility index (Phi) is 6.99. The summed E-state index contributed by atoms with van der Waals surface area (Å²) >= 11 is 1.87. The van der Waals surface area contributed by atoms with Gasteiger partial charge in [0, 0.05) is 9.75 Å². The summed E-state index contributed by atoms with van der Waals surface area (Å²) in [6.45, 7) is 0. The zero-order valence-corrected chi connectivity index (χ0v) is 28.4. The van der Waals surface area contributed by atoms with E-state index in [1.807, 2.05) is 11.3 Å². The molecular formula is C49H34S. The van der Waals surface area contributed by atoms with Gasteiger partial charge < -0.3 is 0 Å². The quantitative estimate of drug-likeness (QED) is 0.157. The van der Waals surface area contributed by atoms with Gasteiger partial charge in [-0.25, -0.2) is 0 Å². The maximum atomic E-state index is 2.59. The van der Waals surface area contributed by atoms with Gasteiger partial charge in [-0.05, 0) is 120 Å². The number of hydrogen-bond donors (Lipinski definition) is 0. The number of hydrogen-bond acceptors (Lipinski definition) is 1. The van der Waals surface area contributed by atoms with Crippen molar-refractivity contribution < 1.29 is 0 Å². The van der Waals surface area contributed by atoms with E-state index < -0.39 is 0 Å². The van der Waals surface area contributed by atoms with Crippen LogP contribution in [-0.2, 0) is 0 Å². The second-order valence-corrected chi connectivity index (χ2v) is 14.7. The van der Waals surface area contributed by atoms with Crippen LogP contribution in [0.25, 0.3) is 75.8 Å². The molecule has 236 valence electrons. The summed E-state index contributed by atoms with van der Waals surface area (Å²) in [7, 11) is 0. The lowest BCUT2D eigenvalue weighted by Gasteiger charge is -2.23. The third kappa shape index (κ3) is 5.05. The van der Waals surface area contributed by atoms with Gasteiger partial charge in [-0.2, -0.15) is 0 Å². The highest BCUT2D eigenvalue weighted by Gasteiger charge is 2.38. The van der Waals surface area contributed by atoms with Crippen LogP contribution in [0.15, 0.2) is 182 Å². The topological polar surface area (TPSA) is 0 Å².